The highest BCUT2D eigenvalue weighted by molar-refractivity contribution is 6.07. The molecule has 0 saturated carbocycles. The van der Waals surface area contributed by atoms with E-state index in [4.69, 9.17) is 10.5 Å². The van der Waals surface area contributed by atoms with E-state index >= 15 is 0 Å². The number of rotatable bonds is 5. The van der Waals surface area contributed by atoms with Crippen LogP contribution in [0.3, 0.4) is 0 Å². The van der Waals surface area contributed by atoms with Crippen molar-refractivity contribution >= 4 is 17.7 Å². The molecule has 1 saturated heterocycles. The molecule has 112 valence electrons. The molecule has 21 heavy (non-hydrogen) atoms. The van der Waals surface area contributed by atoms with E-state index in [0.717, 1.165) is 5.56 Å². The molecule has 1 aliphatic heterocycles. The molecule has 0 bridgehead atoms. The molecule has 6 heteroatoms. The minimum Gasteiger partial charge on any atom is -0.383 e. The molecule has 2 N–H and O–H groups in total. The summed E-state index contributed by atoms with van der Waals surface area (Å²) >= 11 is 0. The Morgan fingerprint density at radius 2 is 2.14 bits per heavy atom. The van der Waals surface area contributed by atoms with Crippen molar-refractivity contribution in [2.75, 3.05) is 20.3 Å². The van der Waals surface area contributed by atoms with Gasteiger partial charge in [-0.25, -0.2) is 0 Å². The van der Waals surface area contributed by atoms with Crippen LogP contribution < -0.4 is 5.73 Å². The Hall–Kier alpha value is -2.21. The van der Waals surface area contributed by atoms with E-state index in [1.165, 1.54) is 12.0 Å². The number of hydrogen-bond donors (Lipinski definition) is 1. The smallest absolute Gasteiger partial charge is 0.249 e. The molecule has 1 atom stereocenters. The van der Waals surface area contributed by atoms with Crippen LogP contribution in [-0.2, 0) is 14.3 Å². The van der Waals surface area contributed by atoms with Gasteiger partial charge in [-0.1, -0.05) is 17.7 Å². The predicted octanol–water partition coefficient (Wildman–Crippen LogP) is 0.583. The summed E-state index contributed by atoms with van der Waals surface area (Å²) in [4.78, 5) is 37.1. The molecule has 0 aromatic heterocycles. The standard InChI is InChI=1S/C15H18N2O4/c1-9-3-4-10(14(16)19)11(7-9)12-8-13(18)17(15(12)20)5-6-21-2/h3-4,7,12H,5-6,8H2,1-2H3,(H2,16,19)/t12-/m0/s1. The normalized spacial score (nSPS) is 18.4. The summed E-state index contributed by atoms with van der Waals surface area (Å²) in [5, 5.41) is 0. The number of carbonyl (C=O) groups is 3. The van der Waals surface area contributed by atoms with Crippen molar-refractivity contribution in [2.24, 2.45) is 5.73 Å². The maximum atomic E-state index is 12.4. The summed E-state index contributed by atoms with van der Waals surface area (Å²) in [5.41, 5.74) is 7.09. The first-order valence-corrected chi connectivity index (χ1v) is 6.69. The second-order valence-corrected chi connectivity index (χ2v) is 5.09. The van der Waals surface area contributed by atoms with Crippen LogP contribution in [0, 0.1) is 6.92 Å². The summed E-state index contributed by atoms with van der Waals surface area (Å²) in [6.45, 7) is 2.38. The number of nitrogens with zero attached hydrogens (tertiary/aromatic N) is 1. The van der Waals surface area contributed by atoms with E-state index in [-0.39, 0.29) is 24.8 Å². The van der Waals surface area contributed by atoms with Crippen LogP contribution in [0.5, 0.6) is 0 Å². The maximum Gasteiger partial charge on any atom is 0.249 e. The summed E-state index contributed by atoms with van der Waals surface area (Å²) < 4.78 is 4.90. The second-order valence-electron chi connectivity index (χ2n) is 5.09. The van der Waals surface area contributed by atoms with Crippen LogP contribution in [0.25, 0.3) is 0 Å². The monoisotopic (exact) mass is 290 g/mol. The largest absolute Gasteiger partial charge is 0.383 e. The van der Waals surface area contributed by atoms with Gasteiger partial charge in [-0.15, -0.1) is 0 Å². The molecule has 6 nitrogen and oxygen atoms in total. The number of aryl methyl sites for hydroxylation is 1. The fraction of sp³-hybridized carbons (Fsp3) is 0.400. The Morgan fingerprint density at radius 1 is 1.43 bits per heavy atom. The van der Waals surface area contributed by atoms with Gasteiger partial charge in [0.25, 0.3) is 0 Å². The number of imide groups is 1. The number of carbonyl (C=O) groups excluding carboxylic acids is 3. The summed E-state index contributed by atoms with van der Waals surface area (Å²) in [5.74, 6) is -1.79. The fourth-order valence-electron chi connectivity index (χ4n) is 2.54. The third kappa shape index (κ3) is 2.95. The van der Waals surface area contributed by atoms with E-state index in [2.05, 4.69) is 0 Å². The van der Waals surface area contributed by atoms with Crippen LogP contribution in [0.4, 0.5) is 0 Å². The zero-order valence-electron chi connectivity index (χ0n) is 12.1. The van der Waals surface area contributed by atoms with Crippen molar-refractivity contribution in [1.82, 2.24) is 4.90 Å². The van der Waals surface area contributed by atoms with Crippen LogP contribution >= 0.6 is 0 Å². The molecule has 1 heterocycles. The van der Waals surface area contributed by atoms with Crippen LogP contribution in [0.1, 0.15) is 33.8 Å². The van der Waals surface area contributed by atoms with Crippen molar-refractivity contribution in [3.05, 3.63) is 34.9 Å². The van der Waals surface area contributed by atoms with Crippen molar-refractivity contribution in [3.8, 4) is 0 Å². The van der Waals surface area contributed by atoms with Crippen molar-refractivity contribution in [1.29, 1.82) is 0 Å². The second kappa shape index (κ2) is 6.05. The number of likely N-dealkylation sites (tertiary alicyclic amines) is 1. The van der Waals surface area contributed by atoms with E-state index in [0.29, 0.717) is 17.7 Å². The summed E-state index contributed by atoms with van der Waals surface area (Å²) in [7, 11) is 1.51. The Balaban J connectivity index is 2.35. The van der Waals surface area contributed by atoms with Gasteiger partial charge in [-0.3, -0.25) is 19.3 Å². The van der Waals surface area contributed by atoms with Gasteiger partial charge in [0.1, 0.15) is 0 Å². The first kappa shape index (κ1) is 15.2. The first-order valence-electron chi connectivity index (χ1n) is 6.69. The van der Waals surface area contributed by atoms with E-state index < -0.39 is 11.8 Å². The minimum absolute atomic E-state index is 0.0618. The SMILES string of the molecule is COCCN1C(=O)C[C@@H](c2cc(C)ccc2C(N)=O)C1=O. The van der Waals surface area contributed by atoms with E-state index in [9.17, 15) is 14.4 Å². The lowest BCUT2D eigenvalue weighted by Crippen LogP contribution is -2.33. The number of benzene rings is 1. The highest BCUT2D eigenvalue weighted by Gasteiger charge is 2.40. The molecule has 1 aliphatic rings. The Labute approximate surface area is 122 Å². The van der Waals surface area contributed by atoms with Gasteiger partial charge in [0.2, 0.25) is 17.7 Å². The molecule has 0 radical (unpaired) electrons. The van der Waals surface area contributed by atoms with Gasteiger partial charge >= 0.3 is 0 Å². The molecule has 0 aliphatic carbocycles. The van der Waals surface area contributed by atoms with Crippen molar-refractivity contribution in [2.45, 2.75) is 19.3 Å². The maximum absolute atomic E-state index is 12.4. The highest BCUT2D eigenvalue weighted by atomic mass is 16.5. The predicted molar refractivity (Wildman–Crippen MR) is 75.7 cm³/mol. The third-order valence-electron chi connectivity index (χ3n) is 3.61. The molecular formula is C15H18N2O4. The topological polar surface area (TPSA) is 89.7 Å². The molecular weight excluding hydrogens is 272 g/mol. The van der Waals surface area contributed by atoms with Crippen molar-refractivity contribution in [3.63, 3.8) is 0 Å². The van der Waals surface area contributed by atoms with Gasteiger partial charge < -0.3 is 10.5 Å². The molecule has 2 rings (SSSR count). The summed E-state index contributed by atoms with van der Waals surface area (Å²) in [6.07, 6.45) is 0.0618. The van der Waals surface area contributed by atoms with Gasteiger partial charge in [0.15, 0.2) is 0 Å². The Bertz CT molecular complexity index is 597. The quantitative estimate of drug-likeness (QED) is 0.803. The van der Waals surface area contributed by atoms with Gasteiger partial charge in [-0.05, 0) is 18.6 Å². The molecule has 1 aromatic carbocycles. The number of methoxy groups -OCH3 is 1. The van der Waals surface area contributed by atoms with Crippen LogP contribution in [-0.4, -0.2) is 42.9 Å². The zero-order chi connectivity index (χ0) is 15.6. The lowest BCUT2D eigenvalue weighted by molar-refractivity contribution is -0.139. The number of nitrogens with two attached hydrogens (primary N) is 1. The van der Waals surface area contributed by atoms with Gasteiger partial charge in [0.05, 0.1) is 19.1 Å². The number of hydrogen-bond acceptors (Lipinski definition) is 4. The Morgan fingerprint density at radius 3 is 2.76 bits per heavy atom. The number of amides is 3. The van der Waals surface area contributed by atoms with Crippen molar-refractivity contribution < 1.29 is 19.1 Å². The number of ether oxygens (including phenoxy) is 1. The van der Waals surface area contributed by atoms with Gasteiger partial charge in [-0.2, -0.15) is 0 Å². The Kier molecular flexibility index (Phi) is 4.37. The van der Waals surface area contributed by atoms with E-state index in [1.807, 2.05) is 6.92 Å². The molecule has 3 amide bonds. The molecule has 1 aromatic rings. The third-order valence-corrected chi connectivity index (χ3v) is 3.61. The minimum atomic E-state index is -0.642. The molecule has 0 spiro atoms. The average Bonchev–Trinajstić information content (AvgIpc) is 2.71. The summed E-state index contributed by atoms with van der Waals surface area (Å²) in [6, 6.07) is 5.10. The first-order chi connectivity index (χ1) is 9.95. The lowest BCUT2D eigenvalue weighted by atomic mass is 9.91. The average molecular weight is 290 g/mol. The zero-order valence-corrected chi connectivity index (χ0v) is 12.1. The van der Waals surface area contributed by atoms with Crippen LogP contribution in [0.2, 0.25) is 0 Å². The lowest BCUT2D eigenvalue weighted by Gasteiger charge is -2.16. The molecule has 1 fully saturated rings. The highest BCUT2D eigenvalue weighted by Crippen LogP contribution is 2.32. The fourth-order valence-corrected chi connectivity index (χ4v) is 2.54. The molecule has 0 unspecified atom stereocenters. The van der Waals surface area contributed by atoms with Gasteiger partial charge in [0, 0.05) is 19.1 Å². The van der Waals surface area contributed by atoms with Crippen LogP contribution in [0.15, 0.2) is 18.2 Å². The number of primary amides is 1. The van der Waals surface area contributed by atoms with E-state index in [1.54, 1.807) is 18.2 Å².